The fraction of sp³-hybridized carbons (Fsp3) is 0.769. The predicted octanol–water partition coefficient (Wildman–Crippen LogP) is 1.61. The molecule has 0 radical (unpaired) electrons. The first-order chi connectivity index (χ1) is 9.78. The van der Waals surface area contributed by atoms with Gasteiger partial charge in [-0.2, -0.15) is 15.0 Å². The molecule has 0 aromatic carbocycles. The zero-order valence-electron chi connectivity index (χ0n) is 12.0. The Morgan fingerprint density at radius 1 is 1.20 bits per heavy atom. The molecule has 1 fully saturated rings. The summed E-state index contributed by atoms with van der Waals surface area (Å²) in [5, 5.41) is 3.08. The number of nitrogens with one attached hydrogen (secondary N) is 1. The van der Waals surface area contributed by atoms with Crippen LogP contribution in [0, 0.1) is 0 Å². The summed E-state index contributed by atoms with van der Waals surface area (Å²) in [6.07, 6.45) is 6.65. The van der Waals surface area contributed by atoms with E-state index < -0.39 is 0 Å². The van der Waals surface area contributed by atoms with Crippen LogP contribution >= 0.6 is 0 Å². The van der Waals surface area contributed by atoms with Crippen LogP contribution in [0.1, 0.15) is 39.0 Å². The molecule has 1 aliphatic rings. The molecule has 3 N–H and O–H groups in total. The Labute approximate surface area is 119 Å². The summed E-state index contributed by atoms with van der Waals surface area (Å²) in [4.78, 5) is 12.0. The average Bonchev–Trinajstić information content (AvgIpc) is 2.45. The average molecular weight is 281 g/mol. The number of anilines is 2. The van der Waals surface area contributed by atoms with Crippen LogP contribution in [0.2, 0.25) is 0 Å². The van der Waals surface area contributed by atoms with Crippen molar-refractivity contribution in [3.8, 4) is 6.01 Å². The lowest BCUT2D eigenvalue weighted by Crippen LogP contribution is -2.21. The third kappa shape index (κ3) is 4.80. The van der Waals surface area contributed by atoms with Crippen molar-refractivity contribution >= 4 is 11.9 Å². The maximum Gasteiger partial charge on any atom is 0.323 e. The van der Waals surface area contributed by atoms with Gasteiger partial charge >= 0.3 is 6.01 Å². The van der Waals surface area contributed by atoms with Crippen LogP contribution in [-0.2, 0) is 4.74 Å². The lowest BCUT2D eigenvalue weighted by atomic mass is 9.98. The van der Waals surface area contributed by atoms with E-state index in [0.717, 1.165) is 0 Å². The number of nitrogens with zero attached hydrogens (tertiary/aromatic N) is 3. The van der Waals surface area contributed by atoms with E-state index in [-0.39, 0.29) is 12.0 Å². The molecule has 0 saturated heterocycles. The molecular formula is C13H23N5O2. The summed E-state index contributed by atoms with van der Waals surface area (Å²) in [5.74, 6) is 0.576. The second-order valence-corrected chi connectivity index (χ2v) is 4.79. The minimum Gasteiger partial charge on any atom is -0.464 e. The lowest BCUT2D eigenvalue weighted by molar-refractivity contribution is 0.0347. The molecule has 1 aromatic rings. The Balaban J connectivity index is 1.72. The number of nitrogen functional groups attached to an aromatic ring is 1. The fourth-order valence-corrected chi connectivity index (χ4v) is 2.27. The van der Waals surface area contributed by atoms with Crippen LogP contribution < -0.4 is 15.8 Å². The van der Waals surface area contributed by atoms with E-state index in [1.54, 1.807) is 0 Å². The maximum atomic E-state index is 5.82. The highest BCUT2D eigenvalue weighted by Gasteiger charge is 2.13. The van der Waals surface area contributed by atoms with Gasteiger partial charge in [-0.3, -0.25) is 0 Å². The van der Waals surface area contributed by atoms with Gasteiger partial charge in [0.2, 0.25) is 11.9 Å². The van der Waals surface area contributed by atoms with Gasteiger partial charge in [-0.15, -0.1) is 0 Å². The highest BCUT2D eigenvalue weighted by molar-refractivity contribution is 5.32. The zero-order chi connectivity index (χ0) is 14.2. The first kappa shape index (κ1) is 14.8. The Morgan fingerprint density at radius 3 is 2.75 bits per heavy atom. The summed E-state index contributed by atoms with van der Waals surface area (Å²) < 4.78 is 11.0. The first-order valence-corrected chi connectivity index (χ1v) is 7.27. The molecule has 7 nitrogen and oxygen atoms in total. The highest BCUT2D eigenvalue weighted by atomic mass is 16.5. The number of ether oxygens (including phenoxy) is 2. The van der Waals surface area contributed by atoms with Crippen molar-refractivity contribution in [2.24, 2.45) is 0 Å². The molecule has 7 heteroatoms. The molecule has 0 bridgehead atoms. The summed E-state index contributed by atoms with van der Waals surface area (Å²) in [7, 11) is 0. The number of hydrogen-bond donors (Lipinski definition) is 2. The predicted molar refractivity (Wildman–Crippen MR) is 76.7 cm³/mol. The van der Waals surface area contributed by atoms with E-state index in [1.807, 2.05) is 6.92 Å². The van der Waals surface area contributed by atoms with Crippen molar-refractivity contribution in [2.75, 3.05) is 30.8 Å². The SMILES string of the molecule is CCOc1nc(N)nc(NCCOC2CCCCC2)n1. The van der Waals surface area contributed by atoms with Crippen molar-refractivity contribution in [1.29, 1.82) is 0 Å². The van der Waals surface area contributed by atoms with E-state index >= 15 is 0 Å². The van der Waals surface area contributed by atoms with E-state index in [1.165, 1.54) is 32.1 Å². The zero-order valence-corrected chi connectivity index (χ0v) is 12.0. The molecule has 0 amide bonds. The Bertz CT molecular complexity index is 410. The van der Waals surface area contributed by atoms with E-state index in [2.05, 4.69) is 20.3 Å². The summed E-state index contributed by atoms with van der Waals surface area (Å²) in [6.45, 7) is 3.64. The second-order valence-electron chi connectivity index (χ2n) is 4.79. The van der Waals surface area contributed by atoms with Gasteiger partial charge in [0.1, 0.15) is 0 Å². The monoisotopic (exact) mass is 281 g/mol. The molecule has 20 heavy (non-hydrogen) atoms. The molecule has 1 saturated carbocycles. The Morgan fingerprint density at radius 2 is 2.00 bits per heavy atom. The number of hydrogen-bond acceptors (Lipinski definition) is 7. The van der Waals surface area contributed by atoms with Crippen LogP contribution in [0.15, 0.2) is 0 Å². The number of rotatable bonds is 7. The molecule has 0 unspecified atom stereocenters. The smallest absolute Gasteiger partial charge is 0.323 e. The summed E-state index contributed by atoms with van der Waals surface area (Å²) >= 11 is 0. The van der Waals surface area contributed by atoms with Gasteiger partial charge in [-0.1, -0.05) is 19.3 Å². The quantitative estimate of drug-likeness (QED) is 0.733. The molecular weight excluding hydrogens is 258 g/mol. The van der Waals surface area contributed by atoms with Gasteiger partial charge in [0.05, 0.1) is 19.3 Å². The summed E-state index contributed by atoms with van der Waals surface area (Å²) in [5.41, 5.74) is 5.60. The van der Waals surface area contributed by atoms with Crippen LogP contribution in [0.4, 0.5) is 11.9 Å². The molecule has 1 aliphatic carbocycles. The molecule has 2 rings (SSSR count). The van der Waals surface area contributed by atoms with Crippen molar-refractivity contribution in [3.05, 3.63) is 0 Å². The number of nitrogens with two attached hydrogens (primary N) is 1. The third-order valence-corrected chi connectivity index (χ3v) is 3.20. The van der Waals surface area contributed by atoms with Gasteiger partial charge in [0, 0.05) is 6.54 Å². The largest absolute Gasteiger partial charge is 0.464 e. The molecule has 0 spiro atoms. The topological polar surface area (TPSA) is 95.2 Å². The van der Waals surface area contributed by atoms with Gasteiger partial charge in [-0.25, -0.2) is 0 Å². The maximum absolute atomic E-state index is 5.82. The highest BCUT2D eigenvalue weighted by Crippen LogP contribution is 2.20. The van der Waals surface area contributed by atoms with Crippen LogP contribution in [0.3, 0.4) is 0 Å². The van der Waals surface area contributed by atoms with Gasteiger partial charge in [0.25, 0.3) is 0 Å². The lowest BCUT2D eigenvalue weighted by Gasteiger charge is -2.21. The van der Waals surface area contributed by atoms with Crippen LogP contribution in [-0.4, -0.2) is 40.8 Å². The van der Waals surface area contributed by atoms with Crippen molar-refractivity contribution in [3.63, 3.8) is 0 Å². The second kappa shape index (κ2) is 7.84. The van der Waals surface area contributed by atoms with Crippen molar-refractivity contribution in [1.82, 2.24) is 15.0 Å². The first-order valence-electron chi connectivity index (χ1n) is 7.27. The van der Waals surface area contributed by atoms with E-state index in [4.69, 9.17) is 15.2 Å². The standard InChI is InChI=1S/C13H23N5O2/c1-2-19-13-17-11(14)16-12(18-13)15-8-9-20-10-6-4-3-5-7-10/h10H,2-9H2,1H3,(H3,14,15,16,17,18). The third-order valence-electron chi connectivity index (χ3n) is 3.20. The molecule has 112 valence electrons. The molecule has 0 atom stereocenters. The van der Waals surface area contributed by atoms with Crippen LogP contribution in [0.25, 0.3) is 0 Å². The minimum absolute atomic E-state index is 0.152. The Kier molecular flexibility index (Phi) is 5.79. The van der Waals surface area contributed by atoms with Gasteiger partial charge in [-0.05, 0) is 19.8 Å². The number of aromatic nitrogens is 3. The van der Waals surface area contributed by atoms with Crippen molar-refractivity contribution in [2.45, 2.75) is 45.1 Å². The molecule has 1 aromatic heterocycles. The van der Waals surface area contributed by atoms with Gasteiger partial charge in [0.15, 0.2) is 0 Å². The Hall–Kier alpha value is -1.63. The summed E-state index contributed by atoms with van der Waals surface area (Å²) in [6, 6.07) is 0.246. The van der Waals surface area contributed by atoms with Crippen molar-refractivity contribution < 1.29 is 9.47 Å². The van der Waals surface area contributed by atoms with E-state index in [0.29, 0.717) is 31.8 Å². The normalized spacial score (nSPS) is 16.1. The fourth-order valence-electron chi connectivity index (χ4n) is 2.27. The molecule has 0 aliphatic heterocycles. The minimum atomic E-state index is 0.152. The molecule has 1 heterocycles. The van der Waals surface area contributed by atoms with Crippen LogP contribution in [0.5, 0.6) is 6.01 Å². The van der Waals surface area contributed by atoms with Gasteiger partial charge < -0.3 is 20.5 Å². The van der Waals surface area contributed by atoms with E-state index in [9.17, 15) is 0 Å².